The number of amides is 1. The van der Waals surface area contributed by atoms with Gasteiger partial charge in [0.25, 0.3) is 0 Å². The highest BCUT2D eigenvalue weighted by Gasteiger charge is 2.21. The second-order valence-electron chi connectivity index (χ2n) is 3.29. The van der Waals surface area contributed by atoms with E-state index in [1.54, 1.807) is 0 Å². The highest BCUT2D eigenvalue weighted by atomic mass is 32.1. The molecule has 0 aromatic heterocycles. The molecule has 0 aromatic rings. The van der Waals surface area contributed by atoms with E-state index in [0.717, 1.165) is 0 Å². The number of hydrogen-bond donors (Lipinski definition) is 1. The van der Waals surface area contributed by atoms with Crippen LogP contribution in [0.25, 0.3) is 0 Å². The summed E-state index contributed by atoms with van der Waals surface area (Å²) < 4.78 is 0. The molecule has 0 aromatic carbocycles. The molecule has 3 nitrogen and oxygen atoms in total. The molecule has 0 atom stereocenters. The number of nitrogens with two attached hydrogens (primary N) is 1. The van der Waals surface area contributed by atoms with Crippen molar-refractivity contribution in [2.24, 2.45) is 11.7 Å². The fourth-order valence-electron chi connectivity index (χ4n) is 0.896. The maximum absolute atomic E-state index is 11.5. The average Bonchev–Trinajstić information content (AvgIpc) is 1.85. The van der Waals surface area contributed by atoms with Crippen LogP contribution in [-0.4, -0.2) is 22.0 Å². The molecule has 12 heavy (non-hydrogen) atoms. The number of thiocarbonyl (C=S) groups is 1. The molecule has 1 amide bonds. The number of carbonyl (C=O) groups excluding carboxylic acids is 1. The van der Waals surface area contributed by atoms with Gasteiger partial charge in [-0.25, -0.2) is 0 Å². The molecule has 4 heteroatoms. The van der Waals surface area contributed by atoms with Crippen molar-refractivity contribution >= 4 is 23.2 Å². The standard InChI is InChI=1S/C8H16N2OS/c1-5(2)7(11)10(6(3)4)8(9)12/h5-6H,1-4H3,(H2,9,12). The van der Waals surface area contributed by atoms with Crippen molar-refractivity contribution in [3.63, 3.8) is 0 Å². The van der Waals surface area contributed by atoms with Crippen molar-refractivity contribution in [3.05, 3.63) is 0 Å². The van der Waals surface area contributed by atoms with Crippen LogP contribution in [0.15, 0.2) is 0 Å². The van der Waals surface area contributed by atoms with Gasteiger partial charge < -0.3 is 5.73 Å². The predicted molar refractivity (Wildman–Crippen MR) is 53.6 cm³/mol. The molecule has 70 valence electrons. The SMILES string of the molecule is CC(C)C(=O)N(C(N)=S)C(C)C. The highest BCUT2D eigenvalue weighted by Crippen LogP contribution is 2.05. The maximum atomic E-state index is 11.5. The van der Waals surface area contributed by atoms with Crippen LogP contribution in [0.1, 0.15) is 27.7 Å². The Kier molecular flexibility index (Phi) is 4.17. The molecule has 0 saturated heterocycles. The quantitative estimate of drug-likeness (QED) is 0.661. The van der Waals surface area contributed by atoms with Crippen LogP contribution in [0.4, 0.5) is 0 Å². The Bertz CT molecular complexity index is 189. The molecule has 0 bridgehead atoms. The Morgan fingerprint density at radius 2 is 1.75 bits per heavy atom. The first-order valence-electron chi connectivity index (χ1n) is 4.00. The van der Waals surface area contributed by atoms with Gasteiger partial charge in [0.2, 0.25) is 5.91 Å². The molecule has 0 fully saturated rings. The Morgan fingerprint density at radius 3 is 1.83 bits per heavy atom. The Hall–Kier alpha value is -0.640. The molecule has 0 radical (unpaired) electrons. The first-order chi connectivity index (χ1) is 5.37. The van der Waals surface area contributed by atoms with Gasteiger partial charge in [-0.2, -0.15) is 0 Å². The monoisotopic (exact) mass is 188 g/mol. The molecular weight excluding hydrogens is 172 g/mol. The van der Waals surface area contributed by atoms with Crippen molar-refractivity contribution < 1.29 is 4.79 Å². The molecule has 2 N–H and O–H groups in total. The van der Waals surface area contributed by atoms with Gasteiger partial charge in [-0.15, -0.1) is 0 Å². The van der Waals surface area contributed by atoms with E-state index in [0.29, 0.717) is 0 Å². The van der Waals surface area contributed by atoms with E-state index < -0.39 is 0 Å². The van der Waals surface area contributed by atoms with Crippen molar-refractivity contribution in [1.82, 2.24) is 4.90 Å². The lowest BCUT2D eigenvalue weighted by Gasteiger charge is -2.26. The van der Waals surface area contributed by atoms with Crippen LogP contribution in [0.2, 0.25) is 0 Å². The normalized spacial score (nSPS) is 10.5. The lowest BCUT2D eigenvalue weighted by atomic mass is 10.1. The van der Waals surface area contributed by atoms with Crippen LogP contribution in [0.3, 0.4) is 0 Å². The second-order valence-corrected chi connectivity index (χ2v) is 3.71. The number of carbonyl (C=O) groups is 1. The summed E-state index contributed by atoms with van der Waals surface area (Å²) in [5.74, 6) is -0.0774. The van der Waals surface area contributed by atoms with Gasteiger partial charge in [-0.05, 0) is 26.1 Å². The predicted octanol–water partition coefficient (Wildman–Crippen LogP) is 1.12. The summed E-state index contributed by atoms with van der Waals surface area (Å²) >= 11 is 4.77. The molecule has 0 aliphatic carbocycles. The van der Waals surface area contributed by atoms with Gasteiger partial charge in [-0.1, -0.05) is 13.8 Å². The van der Waals surface area contributed by atoms with Crippen LogP contribution >= 0.6 is 12.2 Å². The largest absolute Gasteiger partial charge is 0.376 e. The minimum absolute atomic E-state index is 0.0162. The number of hydrogen-bond acceptors (Lipinski definition) is 2. The summed E-state index contributed by atoms with van der Waals surface area (Å²) in [5, 5.41) is 0.156. The van der Waals surface area contributed by atoms with Crippen LogP contribution in [-0.2, 0) is 4.79 Å². The smallest absolute Gasteiger partial charge is 0.231 e. The van der Waals surface area contributed by atoms with E-state index in [1.165, 1.54) is 4.90 Å². The summed E-state index contributed by atoms with van der Waals surface area (Å²) in [4.78, 5) is 12.9. The van der Waals surface area contributed by atoms with Gasteiger partial charge in [0.15, 0.2) is 5.11 Å². The lowest BCUT2D eigenvalue weighted by Crippen LogP contribution is -2.46. The van der Waals surface area contributed by atoms with Gasteiger partial charge >= 0.3 is 0 Å². The fourth-order valence-corrected chi connectivity index (χ4v) is 1.20. The first kappa shape index (κ1) is 11.4. The summed E-state index contributed by atoms with van der Waals surface area (Å²) in [6.07, 6.45) is 0. The molecule has 0 aliphatic heterocycles. The topological polar surface area (TPSA) is 46.3 Å². The molecule has 0 saturated carbocycles. The Morgan fingerprint density at radius 1 is 1.33 bits per heavy atom. The van der Waals surface area contributed by atoms with Crippen LogP contribution < -0.4 is 5.73 Å². The van der Waals surface area contributed by atoms with E-state index in [-0.39, 0.29) is 23.0 Å². The molecule has 0 rings (SSSR count). The zero-order valence-corrected chi connectivity index (χ0v) is 8.81. The third-order valence-corrected chi connectivity index (χ3v) is 1.68. The maximum Gasteiger partial charge on any atom is 0.231 e. The zero-order valence-electron chi connectivity index (χ0n) is 8.00. The lowest BCUT2D eigenvalue weighted by molar-refractivity contribution is -0.131. The van der Waals surface area contributed by atoms with Crippen LogP contribution in [0.5, 0.6) is 0 Å². The van der Waals surface area contributed by atoms with E-state index in [2.05, 4.69) is 0 Å². The fraction of sp³-hybridized carbons (Fsp3) is 0.750. The van der Waals surface area contributed by atoms with Gasteiger partial charge in [0.1, 0.15) is 0 Å². The molecular formula is C8H16N2OS. The number of nitrogens with zero attached hydrogens (tertiary/aromatic N) is 1. The molecule has 0 aliphatic rings. The average molecular weight is 188 g/mol. The van der Waals surface area contributed by atoms with Crippen molar-refractivity contribution in [2.45, 2.75) is 33.7 Å². The first-order valence-corrected chi connectivity index (χ1v) is 4.41. The minimum Gasteiger partial charge on any atom is -0.376 e. The minimum atomic E-state index is -0.0612. The van der Waals surface area contributed by atoms with E-state index in [1.807, 2.05) is 27.7 Å². The van der Waals surface area contributed by atoms with Crippen molar-refractivity contribution in [3.8, 4) is 0 Å². The van der Waals surface area contributed by atoms with E-state index in [4.69, 9.17) is 18.0 Å². The molecule has 0 heterocycles. The van der Waals surface area contributed by atoms with Crippen LogP contribution in [0, 0.1) is 5.92 Å². The summed E-state index contributed by atoms with van der Waals surface area (Å²) in [7, 11) is 0. The summed E-state index contributed by atoms with van der Waals surface area (Å²) in [6.45, 7) is 7.44. The third kappa shape index (κ3) is 2.77. The molecule has 0 unspecified atom stereocenters. The van der Waals surface area contributed by atoms with E-state index >= 15 is 0 Å². The Labute approximate surface area is 78.9 Å². The Balaban J connectivity index is 4.52. The highest BCUT2D eigenvalue weighted by molar-refractivity contribution is 7.80. The second kappa shape index (κ2) is 4.40. The van der Waals surface area contributed by atoms with E-state index in [9.17, 15) is 4.79 Å². The molecule has 0 spiro atoms. The zero-order chi connectivity index (χ0) is 9.89. The van der Waals surface area contributed by atoms with Gasteiger partial charge in [-0.3, -0.25) is 9.69 Å². The van der Waals surface area contributed by atoms with Gasteiger partial charge in [0.05, 0.1) is 0 Å². The van der Waals surface area contributed by atoms with Gasteiger partial charge in [0, 0.05) is 12.0 Å². The van der Waals surface area contributed by atoms with Crippen molar-refractivity contribution in [1.29, 1.82) is 0 Å². The third-order valence-electron chi connectivity index (χ3n) is 1.49. The summed E-state index contributed by atoms with van der Waals surface area (Å²) in [5.41, 5.74) is 5.41. The van der Waals surface area contributed by atoms with Crippen molar-refractivity contribution in [2.75, 3.05) is 0 Å². The number of rotatable bonds is 2. The summed E-state index contributed by atoms with van der Waals surface area (Å²) in [6, 6.07) is 0.0393.